The number of hydrogen-bond acceptors (Lipinski definition) is 4. The Balaban J connectivity index is 2.08. The average molecular weight is 296 g/mol. The maximum absolute atomic E-state index is 10.7. The van der Waals surface area contributed by atoms with Crippen molar-refractivity contribution in [2.75, 3.05) is 6.61 Å². The molecule has 0 saturated carbocycles. The summed E-state index contributed by atoms with van der Waals surface area (Å²) in [7, 11) is 0. The summed E-state index contributed by atoms with van der Waals surface area (Å²) in [6.45, 7) is 0.534. The van der Waals surface area contributed by atoms with E-state index in [-0.39, 0.29) is 12.2 Å². The van der Waals surface area contributed by atoms with Gasteiger partial charge in [0.15, 0.2) is 5.92 Å². The molecule has 0 atom stereocenters. The molecule has 1 aromatic carbocycles. The molecule has 6 heteroatoms. The highest BCUT2D eigenvalue weighted by Crippen LogP contribution is 2.16. The predicted molar refractivity (Wildman–Crippen MR) is 75.4 cm³/mol. The van der Waals surface area contributed by atoms with E-state index < -0.39 is 17.9 Å². The molecule has 1 rings (SSSR count). The molecule has 0 aliphatic heterocycles. The van der Waals surface area contributed by atoms with Crippen molar-refractivity contribution in [3.8, 4) is 11.5 Å². The molecule has 0 fully saturated rings. The van der Waals surface area contributed by atoms with E-state index in [2.05, 4.69) is 0 Å². The number of rotatable bonds is 10. The summed E-state index contributed by atoms with van der Waals surface area (Å²) in [6.07, 6.45) is 3.16. The molecule has 0 bridgehead atoms. The monoisotopic (exact) mass is 296 g/mol. The second kappa shape index (κ2) is 8.84. The van der Waals surface area contributed by atoms with E-state index >= 15 is 0 Å². The Morgan fingerprint density at radius 2 is 1.52 bits per heavy atom. The lowest BCUT2D eigenvalue weighted by molar-refractivity contribution is -0.154. The van der Waals surface area contributed by atoms with E-state index in [0.29, 0.717) is 18.8 Å². The number of aromatic hydroxyl groups is 1. The summed E-state index contributed by atoms with van der Waals surface area (Å²) < 4.78 is 5.47. The van der Waals surface area contributed by atoms with Gasteiger partial charge in [-0.2, -0.15) is 0 Å². The van der Waals surface area contributed by atoms with Gasteiger partial charge >= 0.3 is 11.9 Å². The summed E-state index contributed by atoms with van der Waals surface area (Å²) in [6, 6.07) is 6.46. The minimum absolute atomic E-state index is 0.156. The number of benzene rings is 1. The number of ether oxygens (including phenoxy) is 1. The number of carboxylic acid groups (broad SMARTS) is 2. The minimum atomic E-state index is -1.31. The van der Waals surface area contributed by atoms with Crippen molar-refractivity contribution in [1.82, 2.24) is 0 Å². The van der Waals surface area contributed by atoms with Gasteiger partial charge in [-0.15, -0.1) is 0 Å². The van der Waals surface area contributed by atoms with Crippen LogP contribution in [0, 0.1) is 5.92 Å². The molecule has 3 N–H and O–H groups in total. The Bertz CT molecular complexity index is 440. The van der Waals surface area contributed by atoms with Gasteiger partial charge in [0.05, 0.1) is 6.61 Å². The third kappa shape index (κ3) is 6.65. The SMILES string of the molecule is O=C(O)C(CCCCCCOc1ccc(O)cc1)C(=O)O. The fraction of sp³-hybridized carbons (Fsp3) is 0.467. The number of unbranched alkanes of at least 4 members (excludes halogenated alkanes) is 3. The highest BCUT2D eigenvalue weighted by atomic mass is 16.5. The van der Waals surface area contributed by atoms with Gasteiger partial charge in [0.2, 0.25) is 0 Å². The van der Waals surface area contributed by atoms with Crippen LogP contribution in [0.2, 0.25) is 0 Å². The second-order valence-corrected chi connectivity index (χ2v) is 4.77. The van der Waals surface area contributed by atoms with Gasteiger partial charge in [0, 0.05) is 0 Å². The van der Waals surface area contributed by atoms with E-state index in [0.717, 1.165) is 19.3 Å². The lowest BCUT2D eigenvalue weighted by Crippen LogP contribution is -2.23. The molecule has 0 amide bonds. The molecular weight excluding hydrogens is 276 g/mol. The van der Waals surface area contributed by atoms with Crippen LogP contribution < -0.4 is 4.74 Å². The molecule has 6 nitrogen and oxygen atoms in total. The lowest BCUT2D eigenvalue weighted by Gasteiger charge is -2.08. The number of phenols is 1. The van der Waals surface area contributed by atoms with Crippen LogP contribution in [0.5, 0.6) is 11.5 Å². The normalized spacial score (nSPS) is 10.5. The van der Waals surface area contributed by atoms with E-state index in [1.54, 1.807) is 24.3 Å². The Kier molecular flexibility index (Phi) is 7.08. The van der Waals surface area contributed by atoms with Crippen LogP contribution in [-0.2, 0) is 9.59 Å². The number of carboxylic acids is 2. The van der Waals surface area contributed by atoms with Crippen LogP contribution in [0.15, 0.2) is 24.3 Å². The fourth-order valence-electron chi connectivity index (χ4n) is 1.89. The summed E-state index contributed by atoms with van der Waals surface area (Å²) in [5.74, 6) is -2.99. The Morgan fingerprint density at radius 3 is 2.10 bits per heavy atom. The van der Waals surface area contributed by atoms with Crippen molar-refractivity contribution in [1.29, 1.82) is 0 Å². The van der Waals surface area contributed by atoms with Crippen LogP contribution in [0.25, 0.3) is 0 Å². The summed E-state index contributed by atoms with van der Waals surface area (Å²) >= 11 is 0. The molecule has 0 aliphatic carbocycles. The van der Waals surface area contributed by atoms with Crippen molar-refractivity contribution in [2.24, 2.45) is 5.92 Å². The van der Waals surface area contributed by atoms with Crippen LogP contribution in [0.1, 0.15) is 32.1 Å². The van der Waals surface area contributed by atoms with Crippen LogP contribution in [0.4, 0.5) is 0 Å². The van der Waals surface area contributed by atoms with Gasteiger partial charge in [-0.25, -0.2) is 0 Å². The van der Waals surface area contributed by atoms with Crippen LogP contribution >= 0.6 is 0 Å². The molecule has 1 aromatic rings. The van der Waals surface area contributed by atoms with Crippen molar-refractivity contribution in [3.05, 3.63) is 24.3 Å². The van der Waals surface area contributed by atoms with Gasteiger partial charge in [-0.1, -0.05) is 19.3 Å². The summed E-state index contributed by atoms with van der Waals surface area (Å²) in [4.78, 5) is 21.3. The average Bonchev–Trinajstić information content (AvgIpc) is 2.43. The molecule has 0 saturated heterocycles. The molecular formula is C15H20O6. The van der Waals surface area contributed by atoms with E-state index in [1.165, 1.54) is 0 Å². The van der Waals surface area contributed by atoms with Gasteiger partial charge in [-0.05, 0) is 37.1 Å². The van der Waals surface area contributed by atoms with Crippen LogP contribution in [-0.4, -0.2) is 33.9 Å². The number of hydrogen-bond donors (Lipinski definition) is 3. The molecule has 0 heterocycles. The van der Waals surface area contributed by atoms with Gasteiger partial charge in [-0.3, -0.25) is 9.59 Å². The topological polar surface area (TPSA) is 104 Å². The zero-order valence-corrected chi connectivity index (χ0v) is 11.7. The first-order valence-electron chi connectivity index (χ1n) is 6.88. The van der Waals surface area contributed by atoms with Crippen molar-refractivity contribution in [3.63, 3.8) is 0 Å². The largest absolute Gasteiger partial charge is 0.508 e. The molecule has 21 heavy (non-hydrogen) atoms. The zero-order valence-electron chi connectivity index (χ0n) is 11.7. The van der Waals surface area contributed by atoms with Crippen LogP contribution in [0.3, 0.4) is 0 Å². The molecule has 0 spiro atoms. The first kappa shape index (κ1) is 16.8. The predicted octanol–water partition coefficient (Wildman–Crippen LogP) is 2.51. The number of carbonyl (C=O) groups is 2. The third-order valence-electron chi connectivity index (χ3n) is 3.09. The second-order valence-electron chi connectivity index (χ2n) is 4.77. The Hall–Kier alpha value is -2.24. The maximum Gasteiger partial charge on any atom is 0.317 e. The standard InChI is InChI=1S/C15H20O6/c16-11-6-8-12(9-7-11)21-10-4-2-1-3-5-13(14(17)18)15(19)20/h6-9,13,16H,1-5,10H2,(H,17,18)(H,19,20). The highest BCUT2D eigenvalue weighted by Gasteiger charge is 2.24. The lowest BCUT2D eigenvalue weighted by atomic mass is 10.0. The quantitative estimate of drug-likeness (QED) is 0.452. The molecule has 0 radical (unpaired) electrons. The van der Waals surface area contributed by atoms with Gasteiger partial charge in [0.25, 0.3) is 0 Å². The summed E-state index contributed by atoms with van der Waals surface area (Å²) in [5, 5.41) is 26.5. The zero-order chi connectivity index (χ0) is 15.7. The highest BCUT2D eigenvalue weighted by molar-refractivity contribution is 5.92. The first-order chi connectivity index (χ1) is 10.0. The van der Waals surface area contributed by atoms with E-state index in [9.17, 15) is 9.59 Å². The van der Waals surface area contributed by atoms with Gasteiger partial charge in [0.1, 0.15) is 11.5 Å². The molecule has 116 valence electrons. The van der Waals surface area contributed by atoms with E-state index in [4.69, 9.17) is 20.1 Å². The number of phenolic OH excluding ortho intramolecular Hbond substituents is 1. The Morgan fingerprint density at radius 1 is 0.952 bits per heavy atom. The van der Waals surface area contributed by atoms with E-state index in [1.807, 2.05) is 0 Å². The van der Waals surface area contributed by atoms with Crippen molar-refractivity contribution >= 4 is 11.9 Å². The molecule has 0 aromatic heterocycles. The maximum atomic E-state index is 10.7. The van der Waals surface area contributed by atoms with Crippen molar-refractivity contribution < 1.29 is 29.6 Å². The number of aliphatic carboxylic acids is 2. The van der Waals surface area contributed by atoms with Crippen molar-refractivity contribution in [2.45, 2.75) is 32.1 Å². The molecule has 0 unspecified atom stereocenters. The summed E-state index contributed by atoms with van der Waals surface area (Å²) in [5.41, 5.74) is 0. The van der Waals surface area contributed by atoms with Gasteiger partial charge < -0.3 is 20.1 Å². The minimum Gasteiger partial charge on any atom is -0.508 e. The third-order valence-corrected chi connectivity index (χ3v) is 3.09. The molecule has 0 aliphatic rings. The first-order valence-corrected chi connectivity index (χ1v) is 6.88. The smallest absolute Gasteiger partial charge is 0.317 e. The Labute approximate surface area is 123 Å². The fourth-order valence-corrected chi connectivity index (χ4v) is 1.89.